The van der Waals surface area contributed by atoms with E-state index in [1.807, 2.05) is 48.2 Å². The summed E-state index contributed by atoms with van der Waals surface area (Å²) < 4.78 is 12.0. The molecule has 120 valence electrons. The highest BCUT2D eigenvalue weighted by Gasteiger charge is 2.32. The number of hydrogen-bond donors (Lipinski definition) is 0. The fraction of sp³-hybridized carbons (Fsp3) is 0.300. The van der Waals surface area contributed by atoms with Crippen LogP contribution in [-0.2, 0) is 22.7 Å². The van der Waals surface area contributed by atoms with Gasteiger partial charge in [-0.15, -0.1) is 11.8 Å². The van der Waals surface area contributed by atoms with Gasteiger partial charge in [-0.2, -0.15) is 0 Å². The molecule has 0 amide bonds. The summed E-state index contributed by atoms with van der Waals surface area (Å²) in [7, 11) is 0. The van der Waals surface area contributed by atoms with Gasteiger partial charge in [-0.05, 0) is 16.7 Å². The normalized spacial score (nSPS) is 20.8. The number of thioether (sulfide) groups is 1. The largest absolute Gasteiger partial charge is 0.376 e. The summed E-state index contributed by atoms with van der Waals surface area (Å²) in [6.45, 7) is 6.13. The van der Waals surface area contributed by atoms with Crippen LogP contribution >= 0.6 is 11.8 Å². The van der Waals surface area contributed by atoms with E-state index >= 15 is 0 Å². The molecule has 1 heterocycles. The van der Waals surface area contributed by atoms with Crippen molar-refractivity contribution in [3.05, 3.63) is 83.9 Å². The second kappa shape index (κ2) is 8.34. The van der Waals surface area contributed by atoms with Crippen molar-refractivity contribution in [3.63, 3.8) is 0 Å². The lowest BCUT2D eigenvalue weighted by Gasteiger charge is -2.20. The van der Waals surface area contributed by atoms with Gasteiger partial charge in [0.05, 0.1) is 31.2 Å². The van der Waals surface area contributed by atoms with E-state index in [2.05, 4.69) is 30.8 Å². The van der Waals surface area contributed by atoms with Crippen LogP contribution in [0.15, 0.2) is 72.8 Å². The minimum Gasteiger partial charge on any atom is -0.376 e. The Bertz CT molecular complexity index is 612. The van der Waals surface area contributed by atoms with Gasteiger partial charge in [-0.25, -0.2) is 0 Å². The molecule has 0 bridgehead atoms. The molecule has 0 unspecified atom stereocenters. The zero-order chi connectivity index (χ0) is 15.9. The molecule has 2 aromatic rings. The van der Waals surface area contributed by atoms with Crippen LogP contribution in [0.1, 0.15) is 11.1 Å². The van der Waals surface area contributed by atoms with Gasteiger partial charge in [-0.1, -0.05) is 67.2 Å². The summed E-state index contributed by atoms with van der Waals surface area (Å²) in [6, 6.07) is 20.6. The van der Waals surface area contributed by atoms with Gasteiger partial charge in [0.15, 0.2) is 0 Å². The Hall–Kier alpha value is -1.55. The average molecular weight is 326 g/mol. The fourth-order valence-corrected chi connectivity index (χ4v) is 3.87. The van der Waals surface area contributed by atoms with Crippen molar-refractivity contribution in [3.8, 4) is 0 Å². The van der Waals surface area contributed by atoms with Gasteiger partial charge in [0.2, 0.25) is 0 Å². The van der Waals surface area contributed by atoms with E-state index in [-0.39, 0.29) is 6.10 Å². The minimum atomic E-state index is 0.0796. The molecule has 1 aliphatic heterocycles. The molecule has 0 spiro atoms. The minimum absolute atomic E-state index is 0.0796. The average Bonchev–Trinajstić information content (AvgIpc) is 2.95. The molecule has 0 aliphatic carbocycles. The van der Waals surface area contributed by atoms with Crippen LogP contribution in [0.5, 0.6) is 0 Å². The predicted molar refractivity (Wildman–Crippen MR) is 96.5 cm³/mol. The van der Waals surface area contributed by atoms with Crippen LogP contribution in [0.3, 0.4) is 0 Å². The van der Waals surface area contributed by atoms with Crippen LogP contribution in [0.4, 0.5) is 0 Å². The second-order valence-electron chi connectivity index (χ2n) is 5.73. The third-order valence-electron chi connectivity index (χ3n) is 3.89. The van der Waals surface area contributed by atoms with Gasteiger partial charge in [-0.3, -0.25) is 0 Å². The zero-order valence-electron chi connectivity index (χ0n) is 13.2. The van der Waals surface area contributed by atoms with E-state index in [9.17, 15) is 0 Å². The van der Waals surface area contributed by atoms with E-state index in [0.29, 0.717) is 25.1 Å². The molecule has 0 aromatic heterocycles. The van der Waals surface area contributed by atoms with Crippen LogP contribution in [0.2, 0.25) is 0 Å². The number of rotatable bonds is 7. The monoisotopic (exact) mass is 326 g/mol. The highest BCUT2D eigenvalue weighted by atomic mass is 32.2. The molecule has 0 saturated carbocycles. The van der Waals surface area contributed by atoms with Gasteiger partial charge in [0.1, 0.15) is 0 Å². The molecule has 0 radical (unpaired) electrons. The Morgan fingerprint density at radius 1 is 0.913 bits per heavy atom. The Morgan fingerprint density at radius 2 is 1.52 bits per heavy atom. The lowest BCUT2D eigenvalue weighted by atomic mass is 10.1. The van der Waals surface area contributed by atoms with Gasteiger partial charge < -0.3 is 9.47 Å². The first kappa shape index (κ1) is 16.3. The van der Waals surface area contributed by atoms with Crippen molar-refractivity contribution in [2.24, 2.45) is 0 Å². The maximum absolute atomic E-state index is 6.12. The Morgan fingerprint density at radius 3 is 2.17 bits per heavy atom. The Labute approximate surface area is 142 Å². The molecule has 2 nitrogen and oxygen atoms in total. The second-order valence-corrected chi connectivity index (χ2v) is 6.95. The van der Waals surface area contributed by atoms with Crippen molar-refractivity contribution in [2.75, 3.05) is 12.4 Å². The molecule has 23 heavy (non-hydrogen) atoms. The standard InChI is InChI=1S/C20H22O2S/c1-16-15-23-19(14-21-12-17-8-4-2-5-9-17)20(16)22-13-18-10-6-3-7-11-18/h2-11,19-20H,1,12-15H2/t19-,20+/m0/s1. The molecule has 3 rings (SSSR count). The number of benzene rings is 2. The Kier molecular flexibility index (Phi) is 5.92. The zero-order valence-corrected chi connectivity index (χ0v) is 14.0. The van der Waals surface area contributed by atoms with Crippen molar-refractivity contribution in [1.29, 1.82) is 0 Å². The third-order valence-corrected chi connectivity index (χ3v) is 5.24. The topological polar surface area (TPSA) is 18.5 Å². The van der Waals surface area contributed by atoms with Gasteiger partial charge in [0, 0.05) is 5.75 Å². The first-order valence-corrected chi connectivity index (χ1v) is 8.94. The molecule has 1 saturated heterocycles. The Balaban J connectivity index is 1.49. The summed E-state index contributed by atoms with van der Waals surface area (Å²) in [5, 5.41) is 0.329. The maximum Gasteiger partial charge on any atom is 0.0935 e. The van der Waals surface area contributed by atoms with Crippen molar-refractivity contribution in [2.45, 2.75) is 24.6 Å². The summed E-state index contributed by atoms with van der Waals surface area (Å²) in [5.41, 5.74) is 3.57. The number of ether oxygens (including phenoxy) is 2. The molecular weight excluding hydrogens is 304 g/mol. The number of hydrogen-bond acceptors (Lipinski definition) is 3. The highest BCUT2D eigenvalue weighted by Crippen LogP contribution is 2.33. The van der Waals surface area contributed by atoms with Crippen LogP contribution in [0.25, 0.3) is 0 Å². The quantitative estimate of drug-likeness (QED) is 0.700. The van der Waals surface area contributed by atoms with E-state index in [4.69, 9.17) is 9.47 Å². The molecule has 1 aliphatic rings. The van der Waals surface area contributed by atoms with Crippen molar-refractivity contribution >= 4 is 11.8 Å². The summed E-state index contributed by atoms with van der Waals surface area (Å²) in [4.78, 5) is 0. The summed E-state index contributed by atoms with van der Waals surface area (Å²) >= 11 is 1.88. The van der Waals surface area contributed by atoms with Crippen LogP contribution in [-0.4, -0.2) is 23.7 Å². The predicted octanol–water partition coefficient (Wildman–Crippen LogP) is 4.46. The van der Waals surface area contributed by atoms with Gasteiger partial charge >= 0.3 is 0 Å². The maximum atomic E-state index is 6.12. The van der Waals surface area contributed by atoms with E-state index in [1.165, 1.54) is 16.7 Å². The summed E-state index contributed by atoms with van der Waals surface area (Å²) in [6.07, 6.45) is 0.0796. The molecule has 3 heteroatoms. The van der Waals surface area contributed by atoms with E-state index < -0.39 is 0 Å². The molecule has 2 atom stereocenters. The lowest BCUT2D eigenvalue weighted by molar-refractivity contribution is 0.0367. The van der Waals surface area contributed by atoms with Crippen molar-refractivity contribution in [1.82, 2.24) is 0 Å². The van der Waals surface area contributed by atoms with E-state index in [1.54, 1.807) is 0 Å². The fourth-order valence-electron chi connectivity index (χ4n) is 2.63. The molecule has 0 N–H and O–H groups in total. The SMILES string of the molecule is C=C1CS[C@@H](COCc2ccccc2)[C@@H]1OCc1ccccc1. The summed E-state index contributed by atoms with van der Waals surface area (Å²) in [5.74, 6) is 0.957. The lowest BCUT2D eigenvalue weighted by Crippen LogP contribution is -2.27. The molecule has 1 fully saturated rings. The van der Waals surface area contributed by atoms with Gasteiger partial charge in [0.25, 0.3) is 0 Å². The smallest absolute Gasteiger partial charge is 0.0935 e. The van der Waals surface area contributed by atoms with E-state index in [0.717, 1.165) is 5.75 Å². The first-order valence-electron chi connectivity index (χ1n) is 7.89. The molecule has 2 aromatic carbocycles. The van der Waals surface area contributed by atoms with Crippen LogP contribution in [0, 0.1) is 0 Å². The first-order chi connectivity index (χ1) is 11.3. The van der Waals surface area contributed by atoms with Crippen molar-refractivity contribution < 1.29 is 9.47 Å². The van der Waals surface area contributed by atoms with Crippen LogP contribution < -0.4 is 0 Å². The third kappa shape index (κ3) is 4.71. The molecular formula is C20H22O2S. The highest BCUT2D eigenvalue weighted by molar-refractivity contribution is 8.00.